The minimum atomic E-state index is -0.130. The van der Waals surface area contributed by atoms with Crippen LogP contribution in [0, 0.1) is 5.41 Å². The van der Waals surface area contributed by atoms with Crippen molar-refractivity contribution in [2.24, 2.45) is 12.5 Å². The van der Waals surface area contributed by atoms with Crippen LogP contribution >= 0.6 is 0 Å². The maximum Gasteiger partial charge on any atom is 0.255 e. The number of imidazole rings is 1. The molecule has 7 heteroatoms. The van der Waals surface area contributed by atoms with Gasteiger partial charge in [0.05, 0.1) is 29.1 Å². The predicted octanol–water partition coefficient (Wildman–Crippen LogP) is 4.41. The van der Waals surface area contributed by atoms with Crippen LogP contribution in [0.25, 0.3) is 16.6 Å². The Kier molecular flexibility index (Phi) is 4.37. The van der Waals surface area contributed by atoms with E-state index in [9.17, 15) is 4.79 Å². The summed E-state index contributed by atoms with van der Waals surface area (Å²) < 4.78 is 3.83. The standard InChI is InChI=1S/C25H28N6O/c1-29-16-25(9-3-4-10-25)12-22(29)20-15-31-14-19(6-8-23(31)28-20)27-24(32)17-5-7-21-18(11-17)13-26-30(21)2/h5-8,11,13-15,22H,3-4,9-10,12,16H2,1-2H3,(H,27,32). The summed E-state index contributed by atoms with van der Waals surface area (Å²) in [5.74, 6) is -0.130. The molecular weight excluding hydrogens is 400 g/mol. The molecule has 1 aliphatic heterocycles. The third-order valence-electron chi connectivity index (χ3n) is 7.48. The Labute approximate surface area is 187 Å². The molecule has 32 heavy (non-hydrogen) atoms. The SMILES string of the molecule is CN1CC2(CCCC2)CC1c1cn2cc(NC(=O)c3ccc4c(cnn4C)c3)ccc2n1. The van der Waals surface area contributed by atoms with Crippen LogP contribution in [-0.2, 0) is 7.05 Å². The number of fused-ring (bicyclic) bond motifs is 2. The van der Waals surface area contributed by atoms with Crippen molar-refractivity contribution in [3.05, 3.63) is 60.2 Å². The van der Waals surface area contributed by atoms with Crippen LogP contribution in [0.4, 0.5) is 5.69 Å². The van der Waals surface area contributed by atoms with Gasteiger partial charge in [0.15, 0.2) is 0 Å². The summed E-state index contributed by atoms with van der Waals surface area (Å²) in [6.07, 6.45) is 12.5. The van der Waals surface area contributed by atoms with Crippen LogP contribution in [0.1, 0.15) is 54.2 Å². The minimum Gasteiger partial charge on any atom is -0.321 e. The lowest BCUT2D eigenvalue weighted by atomic mass is 9.83. The summed E-state index contributed by atoms with van der Waals surface area (Å²) in [6.45, 7) is 1.17. The van der Waals surface area contributed by atoms with Gasteiger partial charge < -0.3 is 9.72 Å². The number of likely N-dealkylation sites (tertiary alicyclic amines) is 1. The average Bonchev–Trinajstić information content (AvgIpc) is 3.55. The summed E-state index contributed by atoms with van der Waals surface area (Å²) in [6, 6.07) is 9.91. The molecule has 7 nitrogen and oxygen atoms in total. The molecule has 2 fully saturated rings. The van der Waals surface area contributed by atoms with E-state index in [1.165, 1.54) is 38.6 Å². The number of hydrogen-bond donors (Lipinski definition) is 1. The van der Waals surface area contributed by atoms with Crippen LogP contribution < -0.4 is 5.32 Å². The number of anilines is 1. The van der Waals surface area contributed by atoms with Gasteiger partial charge in [0.25, 0.3) is 5.91 Å². The lowest BCUT2D eigenvalue weighted by Crippen LogP contribution is -2.22. The van der Waals surface area contributed by atoms with Crippen molar-refractivity contribution >= 4 is 28.1 Å². The normalized spacial score (nSPS) is 20.6. The van der Waals surface area contributed by atoms with Gasteiger partial charge in [0.2, 0.25) is 0 Å². The van der Waals surface area contributed by atoms with Gasteiger partial charge in [0, 0.05) is 36.9 Å². The van der Waals surface area contributed by atoms with E-state index in [1.54, 1.807) is 10.9 Å². The molecule has 1 aromatic carbocycles. The largest absolute Gasteiger partial charge is 0.321 e. The number of carbonyl (C=O) groups is 1. The highest BCUT2D eigenvalue weighted by atomic mass is 16.1. The first-order chi connectivity index (χ1) is 15.5. The van der Waals surface area contributed by atoms with E-state index in [4.69, 9.17) is 4.98 Å². The zero-order chi connectivity index (χ0) is 21.9. The lowest BCUT2D eigenvalue weighted by Gasteiger charge is -2.21. The van der Waals surface area contributed by atoms with Crippen molar-refractivity contribution in [1.29, 1.82) is 0 Å². The van der Waals surface area contributed by atoms with Gasteiger partial charge in [-0.2, -0.15) is 5.10 Å². The van der Waals surface area contributed by atoms with Crippen molar-refractivity contribution < 1.29 is 4.79 Å². The fourth-order valence-electron chi connectivity index (χ4n) is 5.84. The summed E-state index contributed by atoms with van der Waals surface area (Å²) in [7, 11) is 4.13. The number of nitrogens with one attached hydrogen (secondary N) is 1. The van der Waals surface area contributed by atoms with E-state index < -0.39 is 0 Å². The van der Waals surface area contributed by atoms with Gasteiger partial charge in [-0.15, -0.1) is 0 Å². The van der Waals surface area contributed by atoms with Gasteiger partial charge in [-0.3, -0.25) is 14.4 Å². The third-order valence-corrected chi connectivity index (χ3v) is 7.48. The first-order valence-corrected chi connectivity index (χ1v) is 11.4. The minimum absolute atomic E-state index is 0.130. The molecule has 1 amide bonds. The van der Waals surface area contributed by atoms with Crippen molar-refractivity contribution in [2.45, 2.75) is 38.1 Å². The van der Waals surface area contributed by atoms with E-state index in [1.807, 2.05) is 48.0 Å². The van der Waals surface area contributed by atoms with Crippen LogP contribution in [0.15, 0.2) is 48.9 Å². The zero-order valence-corrected chi connectivity index (χ0v) is 18.6. The van der Waals surface area contributed by atoms with E-state index in [0.29, 0.717) is 17.0 Å². The van der Waals surface area contributed by atoms with Gasteiger partial charge in [0.1, 0.15) is 5.65 Å². The molecule has 0 bridgehead atoms. The number of benzene rings is 1. The van der Waals surface area contributed by atoms with Crippen LogP contribution in [0.3, 0.4) is 0 Å². The number of nitrogens with zero attached hydrogens (tertiary/aromatic N) is 5. The molecule has 2 aliphatic rings. The van der Waals surface area contributed by atoms with Crippen molar-refractivity contribution in [1.82, 2.24) is 24.1 Å². The Morgan fingerprint density at radius 3 is 2.81 bits per heavy atom. The van der Waals surface area contributed by atoms with Crippen molar-refractivity contribution in [3.8, 4) is 0 Å². The Morgan fingerprint density at radius 1 is 1.12 bits per heavy atom. The predicted molar refractivity (Wildman–Crippen MR) is 125 cm³/mol. The number of hydrogen-bond acceptors (Lipinski definition) is 4. The quantitative estimate of drug-likeness (QED) is 0.525. The molecule has 1 aliphatic carbocycles. The fourth-order valence-corrected chi connectivity index (χ4v) is 5.84. The summed E-state index contributed by atoms with van der Waals surface area (Å²) >= 11 is 0. The molecule has 0 radical (unpaired) electrons. The second-order valence-electron chi connectivity index (χ2n) is 9.69. The van der Waals surface area contributed by atoms with E-state index in [-0.39, 0.29) is 5.91 Å². The number of rotatable bonds is 3. The molecule has 1 N–H and O–H groups in total. The molecule has 1 atom stereocenters. The highest BCUT2D eigenvalue weighted by Gasteiger charge is 2.45. The molecule has 1 saturated heterocycles. The van der Waals surface area contributed by atoms with Gasteiger partial charge in [-0.05, 0) is 62.1 Å². The van der Waals surface area contributed by atoms with Crippen LogP contribution in [-0.4, -0.2) is 43.6 Å². The Morgan fingerprint density at radius 2 is 1.97 bits per heavy atom. The first-order valence-electron chi connectivity index (χ1n) is 11.4. The molecule has 4 heterocycles. The molecular formula is C25H28N6O. The highest BCUT2D eigenvalue weighted by Crippen LogP contribution is 2.51. The maximum absolute atomic E-state index is 12.8. The molecule has 4 aromatic rings. The monoisotopic (exact) mass is 428 g/mol. The Bertz CT molecular complexity index is 1330. The smallest absolute Gasteiger partial charge is 0.255 e. The second-order valence-corrected chi connectivity index (χ2v) is 9.69. The molecule has 1 spiro atoms. The molecule has 3 aromatic heterocycles. The van der Waals surface area contributed by atoms with Crippen molar-refractivity contribution in [3.63, 3.8) is 0 Å². The summed E-state index contributed by atoms with van der Waals surface area (Å²) in [4.78, 5) is 20.2. The first kappa shape index (κ1) is 19.5. The van der Waals surface area contributed by atoms with Gasteiger partial charge in [-0.25, -0.2) is 4.98 Å². The van der Waals surface area contributed by atoms with E-state index >= 15 is 0 Å². The fraction of sp³-hybridized carbons (Fsp3) is 0.400. The number of aryl methyl sites for hydroxylation is 1. The second kappa shape index (κ2) is 7.17. The highest BCUT2D eigenvalue weighted by molar-refractivity contribution is 6.06. The van der Waals surface area contributed by atoms with E-state index in [2.05, 4.69) is 28.6 Å². The zero-order valence-electron chi connectivity index (χ0n) is 18.6. The number of carbonyl (C=O) groups excluding carboxylic acids is 1. The molecule has 6 rings (SSSR count). The van der Waals surface area contributed by atoms with Crippen LogP contribution in [0.2, 0.25) is 0 Å². The number of aromatic nitrogens is 4. The Balaban J connectivity index is 1.23. The molecule has 164 valence electrons. The van der Waals surface area contributed by atoms with Crippen molar-refractivity contribution in [2.75, 3.05) is 18.9 Å². The Hall–Kier alpha value is -3.19. The van der Waals surface area contributed by atoms with Gasteiger partial charge in [-0.1, -0.05) is 12.8 Å². The lowest BCUT2D eigenvalue weighted by molar-refractivity contribution is 0.102. The average molecular weight is 429 g/mol. The summed E-state index contributed by atoms with van der Waals surface area (Å²) in [5.41, 5.74) is 4.91. The number of amides is 1. The molecule has 1 unspecified atom stereocenters. The van der Waals surface area contributed by atoms with Gasteiger partial charge >= 0.3 is 0 Å². The van der Waals surface area contributed by atoms with E-state index in [0.717, 1.165) is 27.9 Å². The maximum atomic E-state index is 12.8. The molecule has 1 saturated carbocycles. The number of pyridine rings is 1. The topological polar surface area (TPSA) is 67.5 Å². The summed E-state index contributed by atoms with van der Waals surface area (Å²) in [5, 5.41) is 8.23. The third kappa shape index (κ3) is 3.19. The van der Waals surface area contributed by atoms with Crippen LogP contribution in [0.5, 0.6) is 0 Å².